The van der Waals surface area contributed by atoms with Crippen LogP contribution in [0.1, 0.15) is 12.5 Å². The minimum atomic E-state index is -1.15. The highest BCUT2D eigenvalue weighted by molar-refractivity contribution is 5.92. The van der Waals surface area contributed by atoms with E-state index in [1.54, 1.807) is 31.2 Å². The maximum absolute atomic E-state index is 12.9. The first-order chi connectivity index (χ1) is 8.63. The molecule has 0 aliphatic carbocycles. The summed E-state index contributed by atoms with van der Waals surface area (Å²) in [5.41, 5.74) is 6.20. The van der Waals surface area contributed by atoms with Crippen LogP contribution in [0.2, 0.25) is 0 Å². The molecule has 0 amide bonds. The van der Waals surface area contributed by atoms with Gasteiger partial charge in [0.15, 0.2) is 0 Å². The molecule has 1 unspecified atom stereocenters. The number of carbonyl (C=O) groups is 1. The van der Waals surface area contributed by atoms with E-state index in [-0.39, 0.29) is 12.2 Å². The van der Waals surface area contributed by atoms with Gasteiger partial charge < -0.3 is 15.2 Å². The van der Waals surface area contributed by atoms with Crippen molar-refractivity contribution in [3.05, 3.63) is 36.2 Å². The van der Waals surface area contributed by atoms with Crippen LogP contribution in [0.3, 0.4) is 0 Å². The Morgan fingerprint density at radius 1 is 1.56 bits per heavy atom. The normalized spacial score (nSPS) is 13.0. The van der Waals surface area contributed by atoms with Gasteiger partial charge in [-0.05, 0) is 24.6 Å². The van der Waals surface area contributed by atoms with E-state index >= 15 is 0 Å². The molecule has 18 heavy (non-hydrogen) atoms. The van der Waals surface area contributed by atoms with Crippen molar-refractivity contribution in [2.75, 3.05) is 13.7 Å². The molecule has 0 saturated heterocycles. The Morgan fingerprint density at radius 3 is 2.83 bits per heavy atom. The molecule has 4 nitrogen and oxygen atoms in total. The maximum atomic E-state index is 12.9. The molecule has 98 valence electrons. The Kier molecular flexibility index (Phi) is 5.32. The molecular weight excluding hydrogens is 237 g/mol. The van der Waals surface area contributed by atoms with Crippen LogP contribution in [0.25, 0.3) is 5.57 Å². The molecule has 0 bridgehead atoms. The van der Waals surface area contributed by atoms with Crippen LogP contribution in [0, 0.1) is 0 Å². The van der Waals surface area contributed by atoms with Gasteiger partial charge in [0, 0.05) is 5.57 Å². The van der Waals surface area contributed by atoms with Gasteiger partial charge in [-0.25, -0.2) is 9.18 Å². The molecule has 5 heteroatoms. The third-order valence-corrected chi connectivity index (χ3v) is 2.40. The number of nitrogens with two attached hydrogens (primary N) is 1. The second-order valence-electron chi connectivity index (χ2n) is 3.53. The molecule has 1 atom stereocenters. The van der Waals surface area contributed by atoms with Crippen molar-refractivity contribution in [2.45, 2.75) is 13.0 Å². The van der Waals surface area contributed by atoms with E-state index in [9.17, 15) is 9.18 Å². The SMILES string of the molecule is CCOC(=O)C(N)C(=CF)c1cccc(OC)c1. The van der Waals surface area contributed by atoms with Crippen molar-refractivity contribution in [1.29, 1.82) is 0 Å². The molecule has 2 N–H and O–H groups in total. The monoisotopic (exact) mass is 253 g/mol. The molecule has 0 heterocycles. The lowest BCUT2D eigenvalue weighted by molar-refractivity contribution is -0.143. The predicted molar refractivity (Wildman–Crippen MR) is 66.7 cm³/mol. The van der Waals surface area contributed by atoms with Gasteiger partial charge in [0.25, 0.3) is 0 Å². The van der Waals surface area contributed by atoms with Gasteiger partial charge >= 0.3 is 5.97 Å². The Morgan fingerprint density at radius 2 is 2.28 bits per heavy atom. The number of halogens is 1. The highest BCUT2D eigenvalue weighted by Gasteiger charge is 2.21. The van der Waals surface area contributed by atoms with Crippen LogP contribution in [0.15, 0.2) is 30.6 Å². The van der Waals surface area contributed by atoms with E-state index in [4.69, 9.17) is 15.2 Å². The summed E-state index contributed by atoms with van der Waals surface area (Å²) < 4.78 is 22.7. The zero-order valence-electron chi connectivity index (χ0n) is 10.4. The van der Waals surface area contributed by atoms with Gasteiger partial charge in [-0.15, -0.1) is 0 Å². The highest BCUT2D eigenvalue weighted by Crippen LogP contribution is 2.22. The average molecular weight is 253 g/mol. The van der Waals surface area contributed by atoms with E-state index in [1.165, 1.54) is 7.11 Å². The van der Waals surface area contributed by atoms with Gasteiger partial charge in [0.2, 0.25) is 0 Å². The molecule has 0 fully saturated rings. The van der Waals surface area contributed by atoms with Crippen LogP contribution in [-0.2, 0) is 9.53 Å². The number of hydrogen-bond donors (Lipinski definition) is 1. The minimum Gasteiger partial charge on any atom is -0.497 e. The lowest BCUT2D eigenvalue weighted by Gasteiger charge is -2.14. The Labute approximate surface area is 105 Å². The summed E-state index contributed by atoms with van der Waals surface area (Å²) in [4.78, 5) is 11.5. The molecule has 0 aliphatic heterocycles. The molecule has 1 aromatic rings. The molecule has 0 aliphatic rings. The second kappa shape index (κ2) is 6.76. The van der Waals surface area contributed by atoms with E-state index in [0.29, 0.717) is 17.6 Å². The van der Waals surface area contributed by atoms with Gasteiger partial charge in [0.1, 0.15) is 11.8 Å². The van der Waals surface area contributed by atoms with E-state index in [1.807, 2.05) is 0 Å². The van der Waals surface area contributed by atoms with Crippen molar-refractivity contribution >= 4 is 11.5 Å². The van der Waals surface area contributed by atoms with Crippen molar-refractivity contribution in [1.82, 2.24) is 0 Å². The number of carbonyl (C=O) groups excluding carboxylic acids is 1. The van der Waals surface area contributed by atoms with E-state index < -0.39 is 12.0 Å². The standard InChI is InChI=1S/C13H16FNO3/c1-3-18-13(16)12(15)11(8-14)9-5-4-6-10(7-9)17-2/h4-8,12H,3,15H2,1-2H3. The first-order valence-electron chi connectivity index (χ1n) is 5.51. The summed E-state index contributed by atoms with van der Waals surface area (Å²) in [7, 11) is 1.50. The molecule has 1 aromatic carbocycles. The van der Waals surface area contributed by atoms with Crippen LogP contribution < -0.4 is 10.5 Å². The van der Waals surface area contributed by atoms with Crippen LogP contribution in [-0.4, -0.2) is 25.7 Å². The molecule has 0 radical (unpaired) electrons. The average Bonchev–Trinajstić information content (AvgIpc) is 2.40. The first-order valence-corrected chi connectivity index (χ1v) is 5.51. The second-order valence-corrected chi connectivity index (χ2v) is 3.53. The first kappa shape index (κ1) is 14.2. The fraction of sp³-hybridized carbons (Fsp3) is 0.308. The number of benzene rings is 1. The van der Waals surface area contributed by atoms with Gasteiger partial charge in [-0.1, -0.05) is 12.1 Å². The predicted octanol–water partition coefficient (Wildman–Crippen LogP) is 1.90. The fourth-order valence-corrected chi connectivity index (χ4v) is 1.47. The lowest BCUT2D eigenvalue weighted by Crippen LogP contribution is -2.33. The highest BCUT2D eigenvalue weighted by atomic mass is 19.1. The molecule has 1 rings (SSSR count). The smallest absolute Gasteiger partial charge is 0.327 e. The minimum absolute atomic E-state index is 0.0624. The number of rotatable bonds is 5. The van der Waals surface area contributed by atoms with E-state index in [0.717, 1.165) is 0 Å². The largest absolute Gasteiger partial charge is 0.497 e. The number of ether oxygens (including phenoxy) is 2. The summed E-state index contributed by atoms with van der Waals surface area (Å²) in [5, 5.41) is 0. The van der Waals surface area contributed by atoms with Crippen LogP contribution in [0.4, 0.5) is 4.39 Å². The molecule has 0 saturated carbocycles. The number of hydrogen-bond acceptors (Lipinski definition) is 4. The summed E-state index contributed by atoms with van der Waals surface area (Å²) in [6.45, 7) is 1.86. The van der Waals surface area contributed by atoms with Crippen molar-refractivity contribution in [3.63, 3.8) is 0 Å². The summed E-state index contributed by atoms with van der Waals surface area (Å²) in [6, 6.07) is 5.50. The fourth-order valence-electron chi connectivity index (χ4n) is 1.47. The molecular formula is C13H16FNO3. The zero-order chi connectivity index (χ0) is 13.5. The van der Waals surface area contributed by atoms with Crippen molar-refractivity contribution < 1.29 is 18.7 Å². The number of methoxy groups -OCH3 is 1. The zero-order valence-corrected chi connectivity index (χ0v) is 10.4. The summed E-state index contributed by atoms with van der Waals surface area (Å²) >= 11 is 0. The van der Waals surface area contributed by atoms with Gasteiger partial charge in [-0.2, -0.15) is 0 Å². The quantitative estimate of drug-likeness (QED) is 0.814. The van der Waals surface area contributed by atoms with Crippen molar-refractivity contribution in [3.8, 4) is 5.75 Å². The summed E-state index contributed by atoms with van der Waals surface area (Å²) in [6.07, 6.45) is 0.316. The Hall–Kier alpha value is -1.88. The van der Waals surface area contributed by atoms with Gasteiger partial charge in [0.05, 0.1) is 20.0 Å². The molecule has 0 spiro atoms. The van der Waals surface area contributed by atoms with Crippen LogP contribution >= 0.6 is 0 Å². The Bertz CT molecular complexity index is 446. The Balaban J connectivity index is 2.99. The van der Waals surface area contributed by atoms with Crippen molar-refractivity contribution in [2.24, 2.45) is 5.73 Å². The maximum Gasteiger partial charge on any atom is 0.327 e. The third kappa shape index (κ3) is 3.30. The third-order valence-electron chi connectivity index (χ3n) is 2.40. The lowest BCUT2D eigenvalue weighted by atomic mass is 10.0. The van der Waals surface area contributed by atoms with Gasteiger partial charge in [-0.3, -0.25) is 0 Å². The van der Waals surface area contributed by atoms with Crippen LogP contribution in [0.5, 0.6) is 5.75 Å². The topological polar surface area (TPSA) is 61.5 Å². The number of esters is 1. The van der Waals surface area contributed by atoms with E-state index in [2.05, 4.69) is 0 Å². The molecule has 0 aromatic heterocycles. The summed E-state index contributed by atoms with van der Waals surface area (Å²) in [5.74, 6) is -0.105.